The number of alkyl halides is 4. The van der Waals surface area contributed by atoms with Gasteiger partial charge >= 0.3 is 12.2 Å². The number of amides is 3. The Morgan fingerprint density at radius 2 is 1.27 bits per heavy atom. The molecule has 234 valence electrons. The van der Waals surface area contributed by atoms with Gasteiger partial charge in [0.2, 0.25) is 5.91 Å². The number of likely N-dealkylation sites (tertiary alicyclic amines) is 1. The minimum absolute atomic E-state index is 0.00749. The molecule has 0 radical (unpaired) electrons. The Bertz CT molecular complexity index is 1630. The second kappa shape index (κ2) is 11.5. The van der Waals surface area contributed by atoms with Gasteiger partial charge in [-0.05, 0) is 36.2 Å². The van der Waals surface area contributed by atoms with E-state index in [0.717, 1.165) is 60.7 Å². The van der Waals surface area contributed by atoms with Gasteiger partial charge in [0.15, 0.2) is 9.84 Å². The standard InChI is InChI=1S/C31H30F5N3O4S/c1-22(40)37-17-19-38(20-18-37)28(41)39-16-15-29(21-39,44(42,43)27-13-11-26(32)12-14-27)23-7-9-25(10-8-23)30(33,31(34,35)36)24-5-3-2-4-6-24/h2-14H,15-21H2,1H3. The van der Waals surface area contributed by atoms with E-state index >= 15 is 4.39 Å². The zero-order valence-corrected chi connectivity index (χ0v) is 24.5. The van der Waals surface area contributed by atoms with E-state index in [1.807, 2.05) is 0 Å². The fraction of sp³-hybridized carbons (Fsp3) is 0.355. The number of hydrogen-bond donors (Lipinski definition) is 0. The van der Waals surface area contributed by atoms with Crippen molar-refractivity contribution < 1.29 is 40.0 Å². The predicted octanol–water partition coefficient (Wildman–Crippen LogP) is 5.26. The highest BCUT2D eigenvalue weighted by Crippen LogP contribution is 2.49. The van der Waals surface area contributed by atoms with Gasteiger partial charge in [-0.15, -0.1) is 0 Å². The van der Waals surface area contributed by atoms with Crippen LogP contribution in [0.25, 0.3) is 0 Å². The largest absolute Gasteiger partial charge is 0.431 e. The molecule has 44 heavy (non-hydrogen) atoms. The molecule has 0 saturated carbocycles. The van der Waals surface area contributed by atoms with E-state index in [4.69, 9.17) is 0 Å². The number of urea groups is 1. The molecule has 0 bridgehead atoms. The van der Waals surface area contributed by atoms with Gasteiger partial charge in [0.25, 0.3) is 5.67 Å². The number of halogens is 5. The van der Waals surface area contributed by atoms with Crippen molar-refractivity contribution in [3.63, 3.8) is 0 Å². The van der Waals surface area contributed by atoms with Gasteiger partial charge < -0.3 is 14.7 Å². The van der Waals surface area contributed by atoms with Gasteiger partial charge in [-0.2, -0.15) is 13.2 Å². The average molecular weight is 636 g/mol. The summed E-state index contributed by atoms with van der Waals surface area (Å²) in [7, 11) is -4.36. The summed E-state index contributed by atoms with van der Waals surface area (Å²) in [6.07, 6.45) is -5.43. The first kappa shape index (κ1) is 31.4. The van der Waals surface area contributed by atoms with Crippen LogP contribution < -0.4 is 0 Å². The minimum atomic E-state index is -5.32. The number of piperazine rings is 1. The molecule has 0 aromatic heterocycles. The van der Waals surface area contributed by atoms with Crippen LogP contribution in [0.3, 0.4) is 0 Å². The van der Waals surface area contributed by atoms with E-state index in [2.05, 4.69) is 0 Å². The van der Waals surface area contributed by atoms with Gasteiger partial charge in [0.1, 0.15) is 10.6 Å². The van der Waals surface area contributed by atoms with Crippen molar-refractivity contribution in [1.82, 2.24) is 14.7 Å². The van der Waals surface area contributed by atoms with Crippen LogP contribution in [0.5, 0.6) is 0 Å². The van der Waals surface area contributed by atoms with Crippen molar-refractivity contribution in [2.75, 3.05) is 39.3 Å². The molecule has 2 unspecified atom stereocenters. The van der Waals surface area contributed by atoms with E-state index in [1.165, 1.54) is 34.9 Å². The molecule has 2 aliphatic heterocycles. The summed E-state index contributed by atoms with van der Waals surface area (Å²) >= 11 is 0. The number of rotatable bonds is 5. The van der Waals surface area contributed by atoms with Crippen LogP contribution in [-0.4, -0.2) is 80.5 Å². The fourth-order valence-electron chi connectivity index (χ4n) is 5.97. The molecule has 0 spiro atoms. The van der Waals surface area contributed by atoms with E-state index in [9.17, 15) is 35.6 Å². The molecule has 3 aromatic carbocycles. The van der Waals surface area contributed by atoms with Gasteiger partial charge in [0.05, 0.1) is 4.90 Å². The molecule has 0 aliphatic carbocycles. The number of benzene rings is 3. The summed E-state index contributed by atoms with van der Waals surface area (Å²) in [5.74, 6) is -0.788. The van der Waals surface area contributed by atoms with Crippen molar-refractivity contribution >= 4 is 21.8 Å². The lowest BCUT2D eigenvalue weighted by molar-refractivity contribution is -0.219. The SMILES string of the molecule is CC(=O)N1CCN(C(=O)N2CCC(c3ccc(C(F)(c4ccccc4)C(F)(F)F)cc3)(S(=O)(=O)c3ccc(F)cc3)C2)CC1. The molecule has 0 N–H and O–H groups in total. The van der Waals surface area contributed by atoms with Gasteiger partial charge in [-0.3, -0.25) is 4.79 Å². The summed E-state index contributed by atoms with van der Waals surface area (Å²) in [4.78, 5) is 29.4. The number of carbonyl (C=O) groups is 2. The van der Waals surface area contributed by atoms with Crippen LogP contribution in [0.4, 0.5) is 26.7 Å². The minimum Gasteiger partial charge on any atom is -0.339 e. The highest BCUT2D eigenvalue weighted by molar-refractivity contribution is 7.92. The second-order valence-corrected chi connectivity index (χ2v) is 13.3. The van der Waals surface area contributed by atoms with Gasteiger partial charge in [-0.25, -0.2) is 22.0 Å². The van der Waals surface area contributed by atoms with Crippen molar-refractivity contribution in [3.8, 4) is 0 Å². The normalized spacial score (nSPS) is 20.8. The van der Waals surface area contributed by atoms with Crippen molar-refractivity contribution in [2.45, 2.75) is 34.8 Å². The van der Waals surface area contributed by atoms with Crippen molar-refractivity contribution in [2.24, 2.45) is 0 Å². The maximum Gasteiger partial charge on any atom is 0.431 e. The molecule has 5 rings (SSSR count). The topological polar surface area (TPSA) is 78.0 Å². The molecular weight excluding hydrogens is 605 g/mol. The molecule has 2 fully saturated rings. The Hall–Kier alpha value is -4.00. The van der Waals surface area contributed by atoms with Crippen LogP contribution >= 0.6 is 0 Å². The third kappa shape index (κ3) is 5.31. The molecule has 13 heteroatoms. The first-order valence-electron chi connectivity index (χ1n) is 13.9. The van der Waals surface area contributed by atoms with E-state index < -0.39 is 49.4 Å². The first-order valence-corrected chi connectivity index (χ1v) is 15.4. The number of hydrogen-bond acceptors (Lipinski definition) is 4. The smallest absolute Gasteiger partial charge is 0.339 e. The summed E-state index contributed by atoms with van der Waals surface area (Å²) < 4.78 is 99.0. The first-order chi connectivity index (χ1) is 20.7. The molecule has 2 heterocycles. The lowest BCUT2D eigenvalue weighted by atomic mass is 9.85. The summed E-state index contributed by atoms with van der Waals surface area (Å²) in [5.41, 5.74) is -5.16. The third-order valence-electron chi connectivity index (χ3n) is 8.51. The number of carbonyl (C=O) groups excluding carboxylic acids is 2. The fourth-order valence-corrected chi connectivity index (χ4v) is 8.05. The Balaban J connectivity index is 1.53. The Morgan fingerprint density at radius 1 is 0.727 bits per heavy atom. The number of nitrogens with zero attached hydrogens (tertiary/aromatic N) is 3. The van der Waals surface area contributed by atoms with Crippen LogP contribution in [0, 0.1) is 5.82 Å². The van der Waals surface area contributed by atoms with Crippen LogP contribution in [0.2, 0.25) is 0 Å². The Morgan fingerprint density at radius 3 is 1.82 bits per heavy atom. The van der Waals surface area contributed by atoms with Crippen LogP contribution in [0.1, 0.15) is 30.0 Å². The maximum absolute atomic E-state index is 16.0. The number of sulfone groups is 1. The van der Waals surface area contributed by atoms with Crippen molar-refractivity contribution in [1.29, 1.82) is 0 Å². The lowest BCUT2D eigenvalue weighted by Gasteiger charge is -2.37. The Kier molecular flexibility index (Phi) is 8.21. The third-order valence-corrected chi connectivity index (χ3v) is 11.0. The summed E-state index contributed by atoms with van der Waals surface area (Å²) in [6, 6.07) is 14.0. The van der Waals surface area contributed by atoms with Gasteiger partial charge in [0, 0.05) is 57.3 Å². The predicted molar refractivity (Wildman–Crippen MR) is 152 cm³/mol. The Labute approximate surface area is 251 Å². The highest BCUT2D eigenvalue weighted by Gasteiger charge is 2.59. The zero-order valence-electron chi connectivity index (χ0n) is 23.7. The second-order valence-electron chi connectivity index (χ2n) is 11.0. The van der Waals surface area contributed by atoms with Crippen LogP contribution in [-0.2, 0) is 25.0 Å². The monoisotopic (exact) mass is 635 g/mol. The maximum atomic E-state index is 16.0. The quantitative estimate of drug-likeness (QED) is 0.283. The average Bonchev–Trinajstić information content (AvgIpc) is 3.48. The molecule has 2 saturated heterocycles. The zero-order chi connectivity index (χ0) is 31.9. The molecule has 3 amide bonds. The van der Waals surface area contributed by atoms with Gasteiger partial charge in [-0.1, -0.05) is 54.6 Å². The van der Waals surface area contributed by atoms with E-state index in [1.54, 1.807) is 4.90 Å². The van der Waals surface area contributed by atoms with Crippen molar-refractivity contribution in [3.05, 3.63) is 101 Å². The molecule has 7 nitrogen and oxygen atoms in total. The summed E-state index contributed by atoms with van der Waals surface area (Å²) in [6.45, 7) is 2.24. The highest BCUT2D eigenvalue weighted by atomic mass is 32.2. The molecule has 3 aromatic rings. The molecule has 2 atom stereocenters. The lowest BCUT2D eigenvalue weighted by Crippen LogP contribution is -2.54. The van der Waals surface area contributed by atoms with E-state index in [0.29, 0.717) is 13.1 Å². The van der Waals surface area contributed by atoms with E-state index in [-0.39, 0.29) is 49.0 Å². The molecule has 2 aliphatic rings. The van der Waals surface area contributed by atoms with Crippen LogP contribution in [0.15, 0.2) is 83.8 Å². The summed E-state index contributed by atoms with van der Waals surface area (Å²) in [5, 5.41) is 0. The molecular formula is C31H30F5N3O4S.